The molecule has 0 spiro atoms. The van der Waals surface area contributed by atoms with Crippen LogP contribution in [-0.2, 0) is 20.7 Å². The third-order valence-electron chi connectivity index (χ3n) is 6.31. The van der Waals surface area contributed by atoms with Gasteiger partial charge in [0.2, 0.25) is 5.91 Å². The molecular formula is C24H29N3O3. The first-order valence-electron chi connectivity index (χ1n) is 10.8. The molecule has 1 aromatic heterocycles. The average molecular weight is 408 g/mol. The number of hydrogen-bond acceptors (Lipinski definition) is 4. The number of benzene rings is 1. The van der Waals surface area contributed by atoms with E-state index in [2.05, 4.69) is 4.98 Å². The number of aromatic nitrogens is 1. The third-order valence-corrected chi connectivity index (χ3v) is 6.31. The molecule has 2 N–H and O–H groups in total. The topological polar surface area (TPSA) is 85.5 Å². The Morgan fingerprint density at radius 3 is 2.67 bits per heavy atom. The molecule has 6 nitrogen and oxygen atoms in total. The molecule has 2 amide bonds. The van der Waals surface area contributed by atoms with E-state index in [1.807, 2.05) is 42.6 Å². The first-order valence-corrected chi connectivity index (χ1v) is 10.8. The molecule has 1 saturated heterocycles. The molecule has 1 aromatic carbocycles. The van der Waals surface area contributed by atoms with E-state index in [1.54, 1.807) is 11.1 Å². The summed E-state index contributed by atoms with van der Waals surface area (Å²) in [7, 11) is 0. The molecule has 1 aliphatic heterocycles. The summed E-state index contributed by atoms with van der Waals surface area (Å²) < 4.78 is 5.96. The summed E-state index contributed by atoms with van der Waals surface area (Å²) in [5, 5.41) is 0. The maximum atomic E-state index is 13.1. The molecule has 2 fully saturated rings. The quantitative estimate of drug-likeness (QED) is 0.826. The highest BCUT2D eigenvalue weighted by molar-refractivity contribution is 5.86. The molecule has 6 heteroatoms. The van der Waals surface area contributed by atoms with Crippen molar-refractivity contribution < 1.29 is 14.3 Å². The summed E-state index contributed by atoms with van der Waals surface area (Å²) in [6.45, 7) is 1.05. The van der Waals surface area contributed by atoms with Gasteiger partial charge in [0.05, 0.1) is 13.2 Å². The van der Waals surface area contributed by atoms with Gasteiger partial charge in [0, 0.05) is 31.3 Å². The van der Waals surface area contributed by atoms with Crippen molar-refractivity contribution in [1.29, 1.82) is 0 Å². The molecule has 1 saturated carbocycles. The maximum Gasteiger partial charge on any atom is 0.251 e. The Hall–Kier alpha value is -2.73. The van der Waals surface area contributed by atoms with Crippen molar-refractivity contribution in [2.24, 2.45) is 11.7 Å². The van der Waals surface area contributed by atoms with Crippen LogP contribution in [0, 0.1) is 5.92 Å². The minimum Gasteiger partial charge on any atom is -0.367 e. The summed E-state index contributed by atoms with van der Waals surface area (Å²) in [5.74, 6) is -0.306. The number of ether oxygens (including phenoxy) is 1. The van der Waals surface area contributed by atoms with E-state index in [0.29, 0.717) is 19.6 Å². The zero-order valence-corrected chi connectivity index (χ0v) is 17.3. The summed E-state index contributed by atoms with van der Waals surface area (Å²) in [6, 6.07) is 11.9. The monoisotopic (exact) mass is 407 g/mol. The Balaban J connectivity index is 1.54. The van der Waals surface area contributed by atoms with E-state index in [4.69, 9.17) is 10.5 Å². The first kappa shape index (κ1) is 20.5. The van der Waals surface area contributed by atoms with E-state index in [0.717, 1.165) is 42.4 Å². The third kappa shape index (κ3) is 4.38. The smallest absolute Gasteiger partial charge is 0.251 e. The second kappa shape index (κ2) is 8.96. The highest BCUT2D eigenvalue weighted by atomic mass is 16.5. The van der Waals surface area contributed by atoms with E-state index in [-0.39, 0.29) is 18.4 Å². The highest BCUT2D eigenvalue weighted by Crippen LogP contribution is 2.30. The second-order valence-electron chi connectivity index (χ2n) is 8.42. The van der Waals surface area contributed by atoms with Crippen molar-refractivity contribution in [2.45, 2.75) is 44.1 Å². The number of nitrogens with zero attached hydrogens (tertiary/aromatic N) is 2. The molecule has 4 rings (SSSR count). The number of pyridine rings is 1. The zero-order valence-electron chi connectivity index (χ0n) is 17.3. The van der Waals surface area contributed by atoms with Gasteiger partial charge in [0.1, 0.15) is 0 Å². The van der Waals surface area contributed by atoms with Crippen molar-refractivity contribution in [3.05, 3.63) is 54.4 Å². The zero-order chi connectivity index (χ0) is 21.0. The maximum absolute atomic E-state index is 13.1. The van der Waals surface area contributed by atoms with Crippen LogP contribution in [0.15, 0.2) is 48.8 Å². The van der Waals surface area contributed by atoms with Gasteiger partial charge in [-0.15, -0.1) is 0 Å². The van der Waals surface area contributed by atoms with Gasteiger partial charge in [-0.25, -0.2) is 0 Å². The summed E-state index contributed by atoms with van der Waals surface area (Å²) in [5.41, 5.74) is 7.60. The minimum atomic E-state index is -1.20. The van der Waals surface area contributed by atoms with Gasteiger partial charge >= 0.3 is 0 Å². The fourth-order valence-corrected chi connectivity index (χ4v) is 4.65. The van der Waals surface area contributed by atoms with Crippen LogP contribution < -0.4 is 5.73 Å². The number of morpholine rings is 1. The normalized spacial score (nSPS) is 22.6. The Morgan fingerprint density at radius 1 is 1.13 bits per heavy atom. The lowest BCUT2D eigenvalue weighted by Crippen LogP contribution is -2.61. The van der Waals surface area contributed by atoms with Gasteiger partial charge < -0.3 is 15.4 Å². The molecule has 30 heavy (non-hydrogen) atoms. The Bertz CT molecular complexity index is 896. The van der Waals surface area contributed by atoms with Crippen LogP contribution in [0.25, 0.3) is 11.1 Å². The SMILES string of the molecule is NC(=O)[C@@]1(Cc2cccc(-c3cccnc3)c2)CN(C(=O)C2CCCCC2)CCO1. The molecule has 158 valence electrons. The Labute approximate surface area is 177 Å². The fraction of sp³-hybridized carbons (Fsp3) is 0.458. The average Bonchev–Trinajstić information content (AvgIpc) is 2.80. The van der Waals surface area contributed by atoms with Crippen LogP contribution in [0.1, 0.15) is 37.7 Å². The largest absolute Gasteiger partial charge is 0.367 e. The van der Waals surface area contributed by atoms with E-state index < -0.39 is 11.5 Å². The number of hydrogen-bond donors (Lipinski definition) is 1. The van der Waals surface area contributed by atoms with Gasteiger partial charge in [-0.1, -0.05) is 49.6 Å². The van der Waals surface area contributed by atoms with Crippen molar-refractivity contribution in [2.75, 3.05) is 19.7 Å². The van der Waals surface area contributed by atoms with Crippen LogP contribution in [0.2, 0.25) is 0 Å². The Kier molecular flexibility index (Phi) is 6.13. The van der Waals surface area contributed by atoms with Gasteiger partial charge in [-0.05, 0) is 35.6 Å². The van der Waals surface area contributed by atoms with Gasteiger partial charge in [-0.2, -0.15) is 0 Å². The highest BCUT2D eigenvalue weighted by Gasteiger charge is 2.44. The van der Waals surface area contributed by atoms with Crippen molar-refractivity contribution >= 4 is 11.8 Å². The number of carbonyl (C=O) groups is 2. The van der Waals surface area contributed by atoms with E-state index >= 15 is 0 Å². The molecular weight excluding hydrogens is 378 g/mol. The minimum absolute atomic E-state index is 0.0661. The second-order valence-corrected chi connectivity index (χ2v) is 8.42. The predicted octanol–water partition coefficient (Wildman–Crippen LogP) is 2.95. The number of carbonyl (C=O) groups excluding carboxylic acids is 2. The summed E-state index contributed by atoms with van der Waals surface area (Å²) >= 11 is 0. The van der Waals surface area contributed by atoms with Crippen LogP contribution in [0.3, 0.4) is 0 Å². The lowest BCUT2D eigenvalue weighted by Gasteiger charge is -2.42. The summed E-state index contributed by atoms with van der Waals surface area (Å²) in [6.07, 6.45) is 9.16. The van der Waals surface area contributed by atoms with Gasteiger partial charge in [-0.3, -0.25) is 14.6 Å². The molecule has 2 heterocycles. The standard InChI is InChI=1S/C24H29N3O3/c25-23(29)24(15-18-6-4-9-20(14-18)21-10-5-11-26-16-21)17-27(12-13-30-24)22(28)19-7-2-1-3-8-19/h4-6,9-11,14,16,19H,1-3,7-8,12-13,15,17H2,(H2,25,29)/t24-/m1/s1. The number of nitrogens with two attached hydrogens (primary N) is 1. The lowest BCUT2D eigenvalue weighted by atomic mass is 9.86. The number of amides is 2. The van der Waals surface area contributed by atoms with Crippen LogP contribution in [0.5, 0.6) is 0 Å². The van der Waals surface area contributed by atoms with Crippen LogP contribution >= 0.6 is 0 Å². The predicted molar refractivity (Wildman–Crippen MR) is 114 cm³/mol. The molecule has 2 aliphatic rings. The number of rotatable bonds is 5. The van der Waals surface area contributed by atoms with Gasteiger partial charge in [0.15, 0.2) is 5.60 Å². The molecule has 0 radical (unpaired) electrons. The first-order chi connectivity index (χ1) is 14.6. The van der Waals surface area contributed by atoms with Crippen molar-refractivity contribution in [1.82, 2.24) is 9.88 Å². The molecule has 2 aromatic rings. The molecule has 1 aliphatic carbocycles. The van der Waals surface area contributed by atoms with E-state index in [9.17, 15) is 9.59 Å². The number of primary amides is 1. The van der Waals surface area contributed by atoms with E-state index in [1.165, 1.54) is 6.42 Å². The van der Waals surface area contributed by atoms with Crippen molar-refractivity contribution in [3.63, 3.8) is 0 Å². The molecule has 1 atom stereocenters. The van der Waals surface area contributed by atoms with Gasteiger partial charge in [0.25, 0.3) is 5.91 Å². The fourth-order valence-electron chi connectivity index (χ4n) is 4.65. The van der Waals surface area contributed by atoms with Crippen LogP contribution in [0.4, 0.5) is 0 Å². The molecule has 0 unspecified atom stereocenters. The lowest BCUT2D eigenvalue weighted by molar-refractivity contribution is -0.165. The van der Waals surface area contributed by atoms with Crippen LogP contribution in [-0.4, -0.2) is 47.0 Å². The Morgan fingerprint density at radius 2 is 1.93 bits per heavy atom. The van der Waals surface area contributed by atoms with Crippen molar-refractivity contribution in [3.8, 4) is 11.1 Å². The summed E-state index contributed by atoms with van der Waals surface area (Å²) in [4.78, 5) is 31.6. The molecule has 0 bridgehead atoms.